The standard InChI is InChI=1S/C34H42N2O2S/c1-23-19-28(17-18-31(23)38-2)25-13-11-24(12-14-25)22-36(34(37)27-7-4-3-5-8-27)30-10-6-9-29(20-30)32-21-35-33(39-32)26-15-16-26/h6,9-10,17-21,24-27H,3-5,7-8,11-16,22H2,1-2H3/t24-,25-. The first-order valence-corrected chi connectivity index (χ1v) is 15.9. The average molecular weight is 543 g/mol. The number of hydrogen-bond acceptors (Lipinski definition) is 4. The van der Waals surface area contributed by atoms with E-state index in [4.69, 9.17) is 9.72 Å². The number of aromatic nitrogens is 1. The summed E-state index contributed by atoms with van der Waals surface area (Å²) >= 11 is 1.83. The van der Waals surface area contributed by atoms with Crippen molar-refractivity contribution in [2.75, 3.05) is 18.6 Å². The van der Waals surface area contributed by atoms with Crippen molar-refractivity contribution in [2.24, 2.45) is 11.8 Å². The molecule has 1 amide bonds. The second kappa shape index (κ2) is 11.8. The van der Waals surface area contributed by atoms with Crippen LogP contribution in [-0.2, 0) is 4.79 Å². The third-order valence-electron chi connectivity index (χ3n) is 9.29. The van der Waals surface area contributed by atoms with Crippen molar-refractivity contribution in [3.63, 3.8) is 0 Å². The molecule has 3 fully saturated rings. The summed E-state index contributed by atoms with van der Waals surface area (Å²) in [4.78, 5) is 22.1. The molecule has 39 heavy (non-hydrogen) atoms. The van der Waals surface area contributed by atoms with E-state index in [2.05, 4.69) is 54.3 Å². The minimum absolute atomic E-state index is 0.172. The molecule has 2 aromatic carbocycles. The molecule has 5 heteroatoms. The molecule has 0 radical (unpaired) electrons. The Labute approximate surface area is 237 Å². The van der Waals surface area contributed by atoms with Gasteiger partial charge in [0.25, 0.3) is 0 Å². The van der Waals surface area contributed by atoms with Gasteiger partial charge < -0.3 is 9.64 Å². The molecule has 0 aliphatic heterocycles. The first-order chi connectivity index (χ1) is 19.1. The minimum atomic E-state index is 0.172. The number of rotatable bonds is 8. The van der Waals surface area contributed by atoms with Gasteiger partial charge in [0.1, 0.15) is 5.75 Å². The van der Waals surface area contributed by atoms with Crippen molar-refractivity contribution >= 4 is 22.9 Å². The van der Waals surface area contributed by atoms with Crippen LogP contribution in [0.3, 0.4) is 0 Å². The lowest BCUT2D eigenvalue weighted by Gasteiger charge is -2.35. The van der Waals surface area contributed by atoms with Crippen LogP contribution in [0.1, 0.15) is 98.6 Å². The van der Waals surface area contributed by atoms with Gasteiger partial charge in [-0.3, -0.25) is 4.79 Å². The third-order valence-corrected chi connectivity index (χ3v) is 10.5. The van der Waals surface area contributed by atoms with E-state index in [9.17, 15) is 4.79 Å². The van der Waals surface area contributed by atoms with Crippen LogP contribution < -0.4 is 9.64 Å². The fourth-order valence-corrected chi connectivity index (χ4v) is 7.84. The molecular formula is C34H42N2O2S. The predicted molar refractivity (Wildman–Crippen MR) is 161 cm³/mol. The molecule has 4 nitrogen and oxygen atoms in total. The maximum atomic E-state index is 14.0. The van der Waals surface area contributed by atoms with Gasteiger partial charge in [0, 0.05) is 30.3 Å². The monoisotopic (exact) mass is 542 g/mol. The summed E-state index contributed by atoms with van der Waals surface area (Å²) in [5.41, 5.74) is 4.91. The van der Waals surface area contributed by atoms with Crippen molar-refractivity contribution < 1.29 is 9.53 Å². The summed E-state index contributed by atoms with van der Waals surface area (Å²) in [7, 11) is 1.74. The van der Waals surface area contributed by atoms with Crippen LogP contribution >= 0.6 is 11.3 Å². The van der Waals surface area contributed by atoms with E-state index >= 15 is 0 Å². The second-order valence-corrected chi connectivity index (χ2v) is 13.2. The third kappa shape index (κ3) is 6.09. The zero-order valence-electron chi connectivity index (χ0n) is 23.5. The Kier molecular flexibility index (Phi) is 8.06. The number of carbonyl (C=O) groups is 1. The predicted octanol–water partition coefficient (Wildman–Crippen LogP) is 8.89. The molecule has 1 heterocycles. The molecule has 206 valence electrons. The smallest absolute Gasteiger partial charge is 0.230 e. The second-order valence-electron chi connectivity index (χ2n) is 12.1. The van der Waals surface area contributed by atoms with Crippen LogP contribution in [0.4, 0.5) is 5.69 Å². The number of amides is 1. The summed E-state index contributed by atoms with van der Waals surface area (Å²) in [5, 5.41) is 1.27. The van der Waals surface area contributed by atoms with Crippen LogP contribution in [0.5, 0.6) is 5.75 Å². The Morgan fingerprint density at radius 1 is 0.949 bits per heavy atom. The van der Waals surface area contributed by atoms with Crippen LogP contribution in [0.2, 0.25) is 0 Å². The molecule has 3 saturated carbocycles. The topological polar surface area (TPSA) is 42.4 Å². The van der Waals surface area contributed by atoms with Gasteiger partial charge in [-0.15, -0.1) is 11.3 Å². The van der Waals surface area contributed by atoms with E-state index in [1.807, 2.05) is 17.5 Å². The molecule has 0 unspecified atom stereocenters. The molecule has 0 bridgehead atoms. The minimum Gasteiger partial charge on any atom is -0.496 e. The maximum Gasteiger partial charge on any atom is 0.230 e. The van der Waals surface area contributed by atoms with Crippen molar-refractivity contribution in [1.29, 1.82) is 0 Å². The number of benzene rings is 2. The number of nitrogens with zero attached hydrogens (tertiary/aromatic N) is 2. The Hall–Kier alpha value is -2.66. The van der Waals surface area contributed by atoms with Gasteiger partial charge in [-0.05, 0) is 105 Å². The number of hydrogen-bond donors (Lipinski definition) is 0. The molecule has 0 N–H and O–H groups in total. The summed E-state index contributed by atoms with van der Waals surface area (Å²) in [6.45, 7) is 2.97. The van der Waals surface area contributed by atoms with Gasteiger partial charge in [-0.2, -0.15) is 0 Å². The fraction of sp³-hybridized carbons (Fsp3) is 0.529. The van der Waals surface area contributed by atoms with Crippen molar-refractivity contribution in [2.45, 2.75) is 89.4 Å². The van der Waals surface area contributed by atoms with E-state index in [1.165, 1.54) is 84.4 Å². The number of thiazole rings is 1. The quantitative estimate of drug-likeness (QED) is 0.285. The molecular weight excluding hydrogens is 500 g/mol. The summed E-state index contributed by atoms with van der Waals surface area (Å²) in [6.07, 6.45) is 15.0. The molecule has 0 saturated heterocycles. The van der Waals surface area contributed by atoms with Crippen LogP contribution in [0.15, 0.2) is 48.7 Å². The lowest BCUT2D eigenvalue weighted by molar-refractivity contribution is -0.123. The van der Waals surface area contributed by atoms with Gasteiger partial charge >= 0.3 is 0 Å². The lowest BCUT2D eigenvalue weighted by atomic mass is 9.78. The van der Waals surface area contributed by atoms with E-state index in [-0.39, 0.29) is 5.92 Å². The van der Waals surface area contributed by atoms with Crippen molar-refractivity contribution in [3.05, 3.63) is 64.8 Å². The summed E-state index contributed by atoms with van der Waals surface area (Å²) in [6, 6.07) is 15.4. The molecule has 3 aromatic rings. The molecule has 0 spiro atoms. The molecule has 1 aromatic heterocycles. The normalized spacial score (nSPS) is 22.0. The SMILES string of the molecule is COc1ccc([C@H]2CC[C@H](CN(C(=O)C3CCCCC3)c3cccc(-c4cnc(C5CC5)s4)c3)CC2)cc1C. The fourth-order valence-electron chi connectivity index (χ4n) is 6.75. The molecule has 3 aliphatic rings. The average Bonchev–Trinajstić information content (AvgIpc) is 3.72. The molecule has 3 aliphatic carbocycles. The van der Waals surface area contributed by atoms with Gasteiger partial charge in [0.2, 0.25) is 5.91 Å². The highest BCUT2D eigenvalue weighted by Crippen LogP contribution is 2.44. The van der Waals surface area contributed by atoms with Gasteiger partial charge in [-0.1, -0.05) is 43.5 Å². The Balaban J connectivity index is 1.19. The highest BCUT2D eigenvalue weighted by Gasteiger charge is 2.31. The van der Waals surface area contributed by atoms with Crippen LogP contribution in [0, 0.1) is 18.8 Å². The number of aryl methyl sites for hydroxylation is 1. The Morgan fingerprint density at radius 2 is 1.72 bits per heavy atom. The lowest BCUT2D eigenvalue weighted by Crippen LogP contribution is -2.41. The van der Waals surface area contributed by atoms with E-state index in [0.717, 1.165) is 30.8 Å². The Morgan fingerprint density at radius 3 is 2.44 bits per heavy atom. The van der Waals surface area contributed by atoms with E-state index < -0.39 is 0 Å². The van der Waals surface area contributed by atoms with Crippen LogP contribution in [-0.4, -0.2) is 24.5 Å². The van der Waals surface area contributed by atoms with E-state index in [1.54, 1.807) is 7.11 Å². The largest absolute Gasteiger partial charge is 0.496 e. The van der Waals surface area contributed by atoms with Crippen molar-refractivity contribution in [1.82, 2.24) is 4.98 Å². The highest BCUT2D eigenvalue weighted by molar-refractivity contribution is 7.15. The van der Waals surface area contributed by atoms with Gasteiger partial charge in [-0.25, -0.2) is 4.98 Å². The van der Waals surface area contributed by atoms with Crippen molar-refractivity contribution in [3.8, 4) is 16.2 Å². The number of carbonyl (C=O) groups excluding carboxylic acids is 1. The molecule has 0 atom stereocenters. The zero-order valence-corrected chi connectivity index (χ0v) is 24.3. The molecule has 6 rings (SSSR count). The summed E-state index contributed by atoms with van der Waals surface area (Å²) in [5.74, 6) is 3.31. The van der Waals surface area contributed by atoms with Crippen LogP contribution in [0.25, 0.3) is 10.4 Å². The van der Waals surface area contributed by atoms with Gasteiger partial charge in [0.15, 0.2) is 0 Å². The van der Waals surface area contributed by atoms with Gasteiger partial charge in [0.05, 0.1) is 17.0 Å². The Bertz CT molecular complexity index is 1280. The first kappa shape index (κ1) is 26.6. The highest BCUT2D eigenvalue weighted by atomic mass is 32.1. The zero-order chi connectivity index (χ0) is 26.8. The first-order valence-electron chi connectivity index (χ1n) is 15.1. The maximum absolute atomic E-state index is 14.0. The summed E-state index contributed by atoms with van der Waals surface area (Å²) < 4.78 is 5.47. The number of anilines is 1. The number of ether oxygens (including phenoxy) is 1. The van der Waals surface area contributed by atoms with E-state index in [0.29, 0.717) is 23.7 Å². The number of methoxy groups -OCH3 is 1.